The van der Waals surface area contributed by atoms with E-state index >= 15 is 0 Å². The standard InChI is InChI=1S/C14H13BrFN3O2/c1-21-13(20)12(9-2-4-11(16)5-3-9)8-19-14-17-6-10(15)7-18-14/h2-7,12H,8H2,1H3,(H,17,18,19). The van der Waals surface area contributed by atoms with E-state index in [1.165, 1.54) is 19.2 Å². The van der Waals surface area contributed by atoms with Crippen molar-refractivity contribution in [3.05, 3.63) is 52.5 Å². The van der Waals surface area contributed by atoms with Crippen molar-refractivity contribution in [2.24, 2.45) is 0 Å². The van der Waals surface area contributed by atoms with E-state index in [4.69, 9.17) is 4.74 Å². The monoisotopic (exact) mass is 353 g/mol. The van der Waals surface area contributed by atoms with Gasteiger partial charge in [-0.25, -0.2) is 14.4 Å². The van der Waals surface area contributed by atoms with Crippen LogP contribution in [0.25, 0.3) is 0 Å². The predicted molar refractivity (Wildman–Crippen MR) is 79.4 cm³/mol. The highest BCUT2D eigenvalue weighted by Gasteiger charge is 2.21. The number of nitrogens with zero attached hydrogens (tertiary/aromatic N) is 2. The van der Waals surface area contributed by atoms with Gasteiger partial charge in [-0.2, -0.15) is 0 Å². The minimum absolute atomic E-state index is 0.250. The number of benzene rings is 1. The molecule has 1 N–H and O–H groups in total. The normalized spacial score (nSPS) is 11.8. The molecule has 0 saturated heterocycles. The van der Waals surface area contributed by atoms with E-state index in [0.29, 0.717) is 11.5 Å². The van der Waals surface area contributed by atoms with Gasteiger partial charge in [0.25, 0.3) is 0 Å². The number of halogens is 2. The van der Waals surface area contributed by atoms with Crippen LogP contribution in [0.2, 0.25) is 0 Å². The minimum Gasteiger partial charge on any atom is -0.468 e. The number of nitrogens with one attached hydrogen (secondary N) is 1. The Balaban J connectivity index is 2.11. The van der Waals surface area contributed by atoms with Crippen LogP contribution in [0, 0.1) is 5.82 Å². The number of methoxy groups -OCH3 is 1. The summed E-state index contributed by atoms with van der Waals surface area (Å²) in [5.41, 5.74) is 0.660. The number of aromatic nitrogens is 2. The van der Waals surface area contributed by atoms with Gasteiger partial charge in [0, 0.05) is 18.9 Å². The van der Waals surface area contributed by atoms with Crippen LogP contribution in [0.15, 0.2) is 41.1 Å². The largest absolute Gasteiger partial charge is 0.468 e. The lowest BCUT2D eigenvalue weighted by atomic mass is 9.99. The molecule has 1 aromatic carbocycles. The Bertz CT molecular complexity index is 605. The second-order valence-electron chi connectivity index (χ2n) is 4.23. The molecule has 0 fully saturated rings. The van der Waals surface area contributed by atoms with Gasteiger partial charge in [-0.1, -0.05) is 12.1 Å². The summed E-state index contributed by atoms with van der Waals surface area (Å²) >= 11 is 3.24. The second-order valence-corrected chi connectivity index (χ2v) is 5.15. The predicted octanol–water partition coefficient (Wildman–Crippen LogP) is 2.75. The number of anilines is 1. The maximum atomic E-state index is 13.0. The van der Waals surface area contributed by atoms with Crippen molar-refractivity contribution in [2.75, 3.05) is 19.0 Å². The number of hydrogen-bond donors (Lipinski definition) is 1. The Morgan fingerprint density at radius 2 is 1.95 bits per heavy atom. The smallest absolute Gasteiger partial charge is 0.314 e. The van der Waals surface area contributed by atoms with Gasteiger partial charge < -0.3 is 10.1 Å². The molecule has 2 aromatic rings. The first-order valence-corrected chi connectivity index (χ1v) is 6.94. The summed E-state index contributed by atoms with van der Waals surface area (Å²) in [6, 6.07) is 5.73. The Labute approximate surface area is 129 Å². The fraction of sp³-hybridized carbons (Fsp3) is 0.214. The van der Waals surface area contributed by atoms with Crippen LogP contribution in [-0.4, -0.2) is 29.6 Å². The lowest BCUT2D eigenvalue weighted by Gasteiger charge is -2.15. The SMILES string of the molecule is COC(=O)C(CNc1ncc(Br)cn1)c1ccc(F)cc1. The molecule has 21 heavy (non-hydrogen) atoms. The van der Waals surface area contributed by atoms with Gasteiger partial charge in [-0.15, -0.1) is 0 Å². The van der Waals surface area contributed by atoms with Gasteiger partial charge in [-0.3, -0.25) is 4.79 Å². The zero-order valence-corrected chi connectivity index (χ0v) is 12.8. The van der Waals surface area contributed by atoms with Crippen LogP contribution in [0.4, 0.5) is 10.3 Å². The zero-order chi connectivity index (χ0) is 15.2. The van der Waals surface area contributed by atoms with Gasteiger partial charge in [0.1, 0.15) is 5.82 Å². The minimum atomic E-state index is -0.567. The quantitative estimate of drug-likeness (QED) is 0.837. The van der Waals surface area contributed by atoms with Crippen LogP contribution >= 0.6 is 15.9 Å². The Morgan fingerprint density at radius 1 is 1.33 bits per heavy atom. The van der Waals surface area contributed by atoms with E-state index in [-0.39, 0.29) is 12.4 Å². The van der Waals surface area contributed by atoms with Crippen LogP contribution in [0.3, 0.4) is 0 Å². The molecule has 1 aromatic heterocycles. The number of carbonyl (C=O) groups is 1. The molecule has 5 nitrogen and oxygen atoms in total. The summed E-state index contributed by atoms with van der Waals surface area (Å²) in [5.74, 6) is -0.935. The molecule has 0 amide bonds. The lowest BCUT2D eigenvalue weighted by Crippen LogP contribution is -2.23. The van der Waals surface area contributed by atoms with E-state index in [2.05, 4.69) is 31.2 Å². The molecule has 110 valence electrons. The summed E-state index contributed by atoms with van der Waals surface area (Å²) in [7, 11) is 1.31. The van der Waals surface area contributed by atoms with Gasteiger partial charge in [0.05, 0.1) is 17.5 Å². The summed E-state index contributed by atoms with van der Waals surface area (Å²) in [6.07, 6.45) is 3.20. The number of esters is 1. The fourth-order valence-electron chi connectivity index (χ4n) is 1.77. The third kappa shape index (κ3) is 4.22. The van der Waals surface area contributed by atoms with Crippen LogP contribution in [0.5, 0.6) is 0 Å². The molecule has 1 heterocycles. The Kier molecular flexibility index (Phi) is 5.21. The van der Waals surface area contributed by atoms with E-state index < -0.39 is 11.9 Å². The number of ether oxygens (including phenoxy) is 1. The van der Waals surface area contributed by atoms with Crippen molar-refractivity contribution in [1.82, 2.24) is 9.97 Å². The third-order valence-electron chi connectivity index (χ3n) is 2.84. The van der Waals surface area contributed by atoms with Crippen molar-refractivity contribution in [3.63, 3.8) is 0 Å². The van der Waals surface area contributed by atoms with Crippen molar-refractivity contribution >= 4 is 27.8 Å². The Hall–Kier alpha value is -2.02. The van der Waals surface area contributed by atoms with Crippen molar-refractivity contribution in [1.29, 1.82) is 0 Å². The average Bonchev–Trinajstić information content (AvgIpc) is 2.50. The van der Waals surface area contributed by atoms with Crippen molar-refractivity contribution in [2.45, 2.75) is 5.92 Å². The first-order chi connectivity index (χ1) is 10.1. The van der Waals surface area contributed by atoms with Crippen LogP contribution < -0.4 is 5.32 Å². The third-order valence-corrected chi connectivity index (χ3v) is 3.25. The fourth-order valence-corrected chi connectivity index (χ4v) is 1.98. The molecule has 0 bridgehead atoms. The van der Waals surface area contributed by atoms with E-state index in [1.54, 1.807) is 24.5 Å². The van der Waals surface area contributed by atoms with Crippen molar-refractivity contribution < 1.29 is 13.9 Å². The molecule has 1 unspecified atom stereocenters. The Morgan fingerprint density at radius 3 is 2.52 bits per heavy atom. The van der Waals surface area contributed by atoms with Crippen LogP contribution in [-0.2, 0) is 9.53 Å². The van der Waals surface area contributed by atoms with Gasteiger partial charge in [-0.05, 0) is 33.6 Å². The van der Waals surface area contributed by atoms with Crippen LogP contribution in [0.1, 0.15) is 11.5 Å². The molecule has 2 rings (SSSR count). The molecule has 0 aliphatic rings. The molecule has 0 saturated carbocycles. The highest BCUT2D eigenvalue weighted by atomic mass is 79.9. The van der Waals surface area contributed by atoms with Gasteiger partial charge >= 0.3 is 5.97 Å². The maximum absolute atomic E-state index is 13.0. The molecule has 1 atom stereocenters. The molecule has 0 radical (unpaired) electrons. The van der Waals surface area contributed by atoms with Gasteiger partial charge in [0.15, 0.2) is 0 Å². The molecular weight excluding hydrogens is 341 g/mol. The summed E-state index contributed by atoms with van der Waals surface area (Å²) in [5, 5.41) is 2.96. The average molecular weight is 354 g/mol. The second kappa shape index (κ2) is 7.12. The highest BCUT2D eigenvalue weighted by Crippen LogP contribution is 2.18. The molecule has 7 heteroatoms. The molecule has 0 aliphatic heterocycles. The van der Waals surface area contributed by atoms with E-state index in [0.717, 1.165) is 4.47 Å². The maximum Gasteiger partial charge on any atom is 0.314 e. The van der Waals surface area contributed by atoms with E-state index in [9.17, 15) is 9.18 Å². The summed E-state index contributed by atoms with van der Waals surface area (Å²) in [4.78, 5) is 20.0. The first kappa shape index (κ1) is 15.4. The molecule has 0 aliphatic carbocycles. The first-order valence-electron chi connectivity index (χ1n) is 6.15. The number of carbonyl (C=O) groups excluding carboxylic acids is 1. The topological polar surface area (TPSA) is 64.1 Å². The molecule has 0 spiro atoms. The summed E-state index contributed by atoms with van der Waals surface area (Å²) < 4.78 is 18.5. The number of rotatable bonds is 5. The lowest BCUT2D eigenvalue weighted by molar-refractivity contribution is -0.142. The molecular formula is C14H13BrFN3O2. The van der Waals surface area contributed by atoms with Crippen molar-refractivity contribution in [3.8, 4) is 0 Å². The van der Waals surface area contributed by atoms with E-state index in [1.807, 2.05) is 0 Å². The highest BCUT2D eigenvalue weighted by molar-refractivity contribution is 9.10. The zero-order valence-electron chi connectivity index (χ0n) is 11.2. The number of hydrogen-bond acceptors (Lipinski definition) is 5. The summed E-state index contributed by atoms with van der Waals surface area (Å²) in [6.45, 7) is 0.250. The van der Waals surface area contributed by atoms with Gasteiger partial charge in [0.2, 0.25) is 5.95 Å².